The molecule has 132 valence electrons. The number of nitrogens with zero attached hydrogens (tertiary/aromatic N) is 2. The Balaban J connectivity index is 1.67. The van der Waals surface area contributed by atoms with Gasteiger partial charge in [-0.1, -0.05) is 37.3 Å². The average Bonchev–Trinajstić information content (AvgIpc) is 3.15. The molecule has 0 atom stereocenters. The van der Waals surface area contributed by atoms with Gasteiger partial charge in [0, 0.05) is 12.4 Å². The summed E-state index contributed by atoms with van der Waals surface area (Å²) in [6.45, 7) is 4.29. The van der Waals surface area contributed by atoms with Crippen LogP contribution in [0, 0.1) is 5.82 Å². The number of aromatic nitrogens is 2. The van der Waals surface area contributed by atoms with E-state index in [1.54, 1.807) is 29.8 Å². The zero-order valence-electron chi connectivity index (χ0n) is 14.7. The van der Waals surface area contributed by atoms with Crippen LogP contribution in [-0.2, 0) is 7.05 Å². The summed E-state index contributed by atoms with van der Waals surface area (Å²) in [4.78, 5) is 17.2. The van der Waals surface area contributed by atoms with Crippen molar-refractivity contribution in [2.75, 3.05) is 5.32 Å². The zero-order valence-corrected chi connectivity index (χ0v) is 15.5. The third-order valence-electron chi connectivity index (χ3n) is 4.57. The van der Waals surface area contributed by atoms with Gasteiger partial charge < -0.3 is 4.57 Å². The molecule has 0 aliphatic heterocycles. The van der Waals surface area contributed by atoms with Crippen LogP contribution in [0.2, 0.25) is 0 Å². The number of fused-ring (bicyclic) bond motifs is 2. The van der Waals surface area contributed by atoms with Crippen molar-refractivity contribution in [1.29, 1.82) is 0 Å². The summed E-state index contributed by atoms with van der Waals surface area (Å²) in [7, 11) is 1.75. The molecule has 2 aromatic heterocycles. The van der Waals surface area contributed by atoms with Gasteiger partial charge in [0.2, 0.25) is 0 Å². The normalized spacial score (nSPS) is 11.6. The lowest BCUT2D eigenvalue weighted by atomic mass is 10.0. The number of thiazole rings is 1. The van der Waals surface area contributed by atoms with Gasteiger partial charge in [-0.15, -0.1) is 0 Å². The second-order valence-electron chi connectivity index (χ2n) is 6.62. The van der Waals surface area contributed by atoms with E-state index in [4.69, 9.17) is 0 Å². The molecule has 0 spiro atoms. The third kappa shape index (κ3) is 2.76. The number of carbonyl (C=O) groups excluding carboxylic acids is 1. The van der Waals surface area contributed by atoms with Crippen molar-refractivity contribution in [3.8, 4) is 0 Å². The van der Waals surface area contributed by atoms with Gasteiger partial charge in [0.15, 0.2) is 5.13 Å². The molecule has 0 saturated heterocycles. The second-order valence-corrected chi connectivity index (χ2v) is 7.65. The van der Waals surface area contributed by atoms with Crippen LogP contribution in [0.15, 0.2) is 42.5 Å². The van der Waals surface area contributed by atoms with Crippen molar-refractivity contribution >= 4 is 43.5 Å². The maximum atomic E-state index is 14.0. The summed E-state index contributed by atoms with van der Waals surface area (Å²) >= 11 is 1.44. The first-order valence-electron chi connectivity index (χ1n) is 8.40. The molecule has 0 bridgehead atoms. The number of hydrogen-bond donors (Lipinski definition) is 1. The molecule has 0 radical (unpaired) electrons. The van der Waals surface area contributed by atoms with E-state index in [0.29, 0.717) is 27.6 Å². The molecule has 1 N–H and O–H groups in total. The fraction of sp³-hybridized carbons (Fsp3) is 0.200. The van der Waals surface area contributed by atoms with Crippen molar-refractivity contribution in [2.24, 2.45) is 7.05 Å². The van der Waals surface area contributed by atoms with Crippen molar-refractivity contribution < 1.29 is 9.18 Å². The van der Waals surface area contributed by atoms with Gasteiger partial charge in [0.1, 0.15) is 11.5 Å². The van der Waals surface area contributed by atoms with Gasteiger partial charge >= 0.3 is 0 Å². The minimum atomic E-state index is -0.335. The summed E-state index contributed by atoms with van der Waals surface area (Å²) in [5.74, 6) is -0.199. The molecule has 0 saturated carbocycles. The molecule has 4 nitrogen and oxygen atoms in total. The highest BCUT2D eigenvalue weighted by Crippen LogP contribution is 2.30. The molecule has 4 rings (SSSR count). The fourth-order valence-corrected chi connectivity index (χ4v) is 3.97. The Kier molecular flexibility index (Phi) is 4.00. The lowest BCUT2D eigenvalue weighted by Crippen LogP contribution is -2.15. The Bertz CT molecular complexity index is 1140. The van der Waals surface area contributed by atoms with Crippen LogP contribution in [0.25, 0.3) is 21.1 Å². The highest BCUT2D eigenvalue weighted by molar-refractivity contribution is 7.22. The Morgan fingerprint density at radius 3 is 2.77 bits per heavy atom. The number of anilines is 1. The van der Waals surface area contributed by atoms with Crippen molar-refractivity contribution in [1.82, 2.24) is 9.55 Å². The Labute approximate surface area is 154 Å². The molecule has 0 aliphatic carbocycles. The number of amides is 1. The number of carbonyl (C=O) groups is 1. The average molecular weight is 367 g/mol. The maximum Gasteiger partial charge on any atom is 0.274 e. The van der Waals surface area contributed by atoms with E-state index in [1.807, 2.05) is 6.07 Å². The SMILES string of the molecule is CC(C)c1ccc2nc(NC(=O)c3cc4c(F)cccc4n3C)sc2c1. The molecule has 1 amide bonds. The first kappa shape index (κ1) is 16.7. The van der Waals surface area contributed by atoms with E-state index in [-0.39, 0.29) is 11.7 Å². The van der Waals surface area contributed by atoms with E-state index in [0.717, 1.165) is 10.2 Å². The van der Waals surface area contributed by atoms with Crippen LogP contribution < -0.4 is 5.32 Å². The van der Waals surface area contributed by atoms with Crippen molar-refractivity contribution in [3.05, 3.63) is 59.5 Å². The Hall–Kier alpha value is -2.73. The first-order chi connectivity index (χ1) is 12.4. The largest absolute Gasteiger partial charge is 0.340 e. The van der Waals surface area contributed by atoms with Crippen LogP contribution in [0.5, 0.6) is 0 Å². The van der Waals surface area contributed by atoms with E-state index >= 15 is 0 Å². The molecule has 26 heavy (non-hydrogen) atoms. The van der Waals surface area contributed by atoms with Gasteiger partial charge in [0.05, 0.1) is 15.7 Å². The summed E-state index contributed by atoms with van der Waals surface area (Å²) in [5, 5.41) is 3.82. The zero-order chi connectivity index (χ0) is 18.4. The van der Waals surface area contributed by atoms with Crippen LogP contribution in [-0.4, -0.2) is 15.5 Å². The summed E-state index contributed by atoms with van der Waals surface area (Å²) in [6, 6.07) is 12.5. The second kappa shape index (κ2) is 6.21. The first-order valence-corrected chi connectivity index (χ1v) is 9.21. The lowest BCUT2D eigenvalue weighted by Gasteiger charge is -2.03. The highest BCUT2D eigenvalue weighted by atomic mass is 32.1. The van der Waals surface area contributed by atoms with E-state index < -0.39 is 0 Å². The maximum absolute atomic E-state index is 14.0. The predicted molar refractivity (Wildman–Crippen MR) is 105 cm³/mol. The van der Waals surface area contributed by atoms with Crippen LogP contribution >= 0.6 is 11.3 Å². The van der Waals surface area contributed by atoms with Gasteiger partial charge in [0.25, 0.3) is 5.91 Å². The quantitative estimate of drug-likeness (QED) is 0.534. The van der Waals surface area contributed by atoms with E-state index in [2.05, 4.69) is 36.3 Å². The number of benzene rings is 2. The molecule has 6 heteroatoms. The van der Waals surface area contributed by atoms with Crippen LogP contribution in [0.1, 0.15) is 35.8 Å². The van der Waals surface area contributed by atoms with E-state index in [1.165, 1.54) is 23.0 Å². The summed E-state index contributed by atoms with van der Waals surface area (Å²) < 4.78 is 16.7. The lowest BCUT2D eigenvalue weighted by molar-refractivity contribution is 0.102. The van der Waals surface area contributed by atoms with Crippen molar-refractivity contribution in [2.45, 2.75) is 19.8 Å². The number of halogens is 1. The molecular weight excluding hydrogens is 349 g/mol. The Morgan fingerprint density at radius 2 is 2.04 bits per heavy atom. The molecule has 0 unspecified atom stereocenters. The number of nitrogens with one attached hydrogen (secondary N) is 1. The Morgan fingerprint density at radius 1 is 1.23 bits per heavy atom. The van der Waals surface area contributed by atoms with Gasteiger partial charge in [-0.25, -0.2) is 9.37 Å². The minimum absolute atomic E-state index is 0.300. The smallest absolute Gasteiger partial charge is 0.274 e. The van der Waals surface area contributed by atoms with Crippen molar-refractivity contribution in [3.63, 3.8) is 0 Å². The minimum Gasteiger partial charge on any atom is -0.340 e. The monoisotopic (exact) mass is 367 g/mol. The third-order valence-corrected chi connectivity index (χ3v) is 5.50. The van der Waals surface area contributed by atoms with Crippen LogP contribution in [0.4, 0.5) is 9.52 Å². The van der Waals surface area contributed by atoms with Gasteiger partial charge in [-0.3, -0.25) is 10.1 Å². The molecule has 2 heterocycles. The van der Waals surface area contributed by atoms with Crippen LogP contribution in [0.3, 0.4) is 0 Å². The molecular formula is C20H18FN3OS. The topological polar surface area (TPSA) is 46.9 Å². The number of rotatable bonds is 3. The fourth-order valence-electron chi connectivity index (χ4n) is 3.06. The highest BCUT2D eigenvalue weighted by Gasteiger charge is 2.17. The molecule has 4 aromatic rings. The standard InChI is InChI=1S/C20H18FN3OS/c1-11(2)12-7-8-15-18(9-12)26-20(22-15)23-19(25)17-10-13-14(21)5-4-6-16(13)24(17)3/h4-11H,1-3H3,(H,22,23,25). The van der Waals surface area contributed by atoms with Gasteiger partial charge in [-0.2, -0.15) is 0 Å². The predicted octanol–water partition coefficient (Wildman–Crippen LogP) is 5.30. The number of hydrogen-bond acceptors (Lipinski definition) is 3. The van der Waals surface area contributed by atoms with E-state index in [9.17, 15) is 9.18 Å². The summed E-state index contributed by atoms with van der Waals surface area (Å²) in [5.41, 5.74) is 3.18. The molecule has 2 aromatic carbocycles. The molecule has 0 fully saturated rings. The molecule has 0 aliphatic rings. The number of aryl methyl sites for hydroxylation is 1. The summed E-state index contributed by atoms with van der Waals surface area (Å²) in [6.07, 6.45) is 0. The van der Waals surface area contributed by atoms with Gasteiger partial charge in [-0.05, 0) is 41.8 Å².